The lowest BCUT2D eigenvalue weighted by molar-refractivity contribution is 0.255. The zero-order valence-corrected chi connectivity index (χ0v) is 19.0. The van der Waals surface area contributed by atoms with Crippen LogP contribution in [0.2, 0.25) is 0 Å². The van der Waals surface area contributed by atoms with Crippen molar-refractivity contribution in [2.45, 2.75) is 47.5 Å². The molecule has 0 saturated carbocycles. The normalized spacial score (nSPS) is 14.0. The summed E-state index contributed by atoms with van der Waals surface area (Å²) in [6.45, 7) is 16.0. The van der Waals surface area contributed by atoms with Crippen LogP contribution in [0.4, 0.5) is 5.69 Å². The molecule has 1 fully saturated rings. The lowest BCUT2D eigenvalue weighted by Gasteiger charge is -2.36. The summed E-state index contributed by atoms with van der Waals surface area (Å²) >= 11 is 0. The van der Waals surface area contributed by atoms with Crippen molar-refractivity contribution in [2.75, 3.05) is 37.6 Å². The van der Waals surface area contributed by atoms with Crippen molar-refractivity contribution in [3.8, 4) is 0 Å². The lowest BCUT2D eigenvalue weighted by Crippen LogP contribution is -2.46. The molecule has 1 N–H and O–H groups in total. The summed E-state index contributed by atoms with van der Waals surface area (Å²) < 4.78 is 0. The molecule has 1 aliphatic rings. The van der Waals surface area contributed by atoms with Crippen LogP contribution in [0.1, 0.15) is 45.2 Å². The Labute approximate surface area is 177 Å². The second-order valence-corrected chi connectivity index (χ2v) is 7.13. The molecule has 3 aromatic rings. The summed E-state index contributed by atoms with van der Waals surface area (Å²) in [5.74, 6) is 0. The van der Waals surface area contributed by atoms with Gasteiger partial charge in [0.05, 0.1) is 0 Å². The maximum absolute atomic E-state index is 3.38. The minimum atomic E-state index is 1.14. The van der Waals surface area contributed by atoms with E-state index >= 15 is 0 Å². The molecule has 0 spiro atoms. The van der Waals surface area contributed by atoms with E-state index in [9.17, 15) is 0 Å². The minimum absolute atomic E-state index is 1.14. The van der Waals surface area contributed by atoms with Crippen molar-refractivity contribution in [1.82, 2.24) is 9.88 Å². The van der Waals surface area contributed by atoms with E-state index in [0.29, 0.717) is 0 Å². The molecular weight excluding hydrogens is 354 g/mol. The van der Waals surface area contributed by atoms with Crippen molar-refractivity contribution in [3.63, 3.8) is 0 Å². The summed E-state index contributed by atoms with van der Waals surface area (Å²) in [6.07, 6.45) is 4.56. The first-order valence-corrected chi connectivity index (χ1v) is 11.4. The van der Waals surface area contributed by atoms with Gasteiger partial charge in [0, 0.05) is 49.0 Å². The number of benzene rings is 2. The zero-order valence-electron chi connectivity index (χ0n) is 19.0. The quantitative estimate of drug-likeness (QED) is 0.551. The van der Waals surface area contributed by atoms with E-state index in [-0.39, 0.29) is 0 Å². The lowest BCUT2D eigenvalue weighted by atomic mass is 10.1. The van der Waals surface area contributed by atoms with Gasteiger partial charge in [0.1, 0.15) is 0 Å². The molecule has 2 aromatic carbocycles. The fraction of sp³-hybridized carbons (Fsp3) is 0.462. The number of H-pyrrole nitrogens is 1. The van der Waals surface area contributed by atoms with Crippen molar-refractivity contribution in [1.29, 1.82) is 0 Å². The SMILES string of the molecule is CC.CC.Cc1ccc(N2CCN(CCCc3c[nH]c4ccccc34)CC2)cc1. The zero-order chi connectivity index (χ0) is 21.1. The van der Waals surface area contributed by atoms with Gasteiger partial charge in [-0.15, -0.1) is 0 Å². The van der Waals surface area contributed by atoms with Crippen LogP contribution in [0.15, 0.2) is 54.7 Å². The van der Waals surface area contributed by atoms with Crippen molar-refractivity contribution >= 4 is 16.6 Å². The fourth-order valence-electron chi connectivity index (χ4n) is 3.82. The van der Waals surface area contributed by atoms with Crippen LogP contribution >= 0.6 is 0 Å². The Morgan fingerprint density at radius 1 is 0.828 bits per heavy atom. The average Bonchev–Trinajstić information content (AvgIpc) is 3.21. The number of para-hydroxylation sites is 1. The number of aromatic amines is 1. The van der Waals surface area contributed by atoms with E-state index in [2.05, 4.69) is 76.4 Å². The van der Waals surface area contributed by atoms with Gasteiger partial charge in [-0.05, 0) is 50.1 Å². The summed E-state index contributed by atoms with van der Waals surface area (Å²) in [4.78, 5) is 8.50. The number of piperazine rings is 1. The number of nitrogens with one attached hydrogen (secondary N) is 1. The number of rotatable bonds is 5. The standard InChI is InChI=1S/C22H27N3.2C2H6/c1-18-8-10-20(11-9-18)25-15-13-24(14-16-25)12-4-5-19-17-23-22-7-3-2-6-21(19)22;2*1-2/h2-3,6-11,17,23H,4-5,12-16H2,1H3;2*1-2H3. The maximum atomic E-state index is 3.38. The molecule has 1 aliphatic heterocycles. The van der Waals surface area contributed by atoms with Crippen LogP contribution in [0.3, 0.4) is 0 Å². The number of fused-ring (bicyclic) bond motifs is 1. The molecule has 0 aliphatic carbocycles. The second-order valence-electron chi connectivity index (χ2n) is 7.13. The molecular formula is C26H39N3. The fourth-order valence-corrected chi connectivity index (χ4v) is 3.82. The van der Waals surface area contributed by atoms with Crippen LogP contribution in [-0.4, -0.2) is 42.6 Å². The van der Waals surface area contributed by atoms with E-state index in [0.717, 1.165) is 19.5 Å². The third-order valence-corrected chi connectivity index (χ3v) is 5.37. The molecule has 3 nitrogen and oxygen atoms in total. The molecule has 0 unspecified atom stereocenters. The monoisotopic (exact) mass is 393 g/mol. The summed E-state index contributed by atoms with van der Waals surface area (Å²) in [5.41, 5.74) is 5.40. The van der Waals surface area contributed by atoms with Gasteiger partial charge in [0.2, 0.25) is 0 Å². The third kappa shape index (κ3) is 6.37. The summed E-state index contributed by atoms with van der Waals surface area (Å²) in [6, 6.07) is 17.5. The molecule has 3 heteroatoms. The smallest absolute Gasteiger partial charge is 0.0456 e. The first-order chi connectivity index (χ1) is 14.3. The van der Waals surface area contributed by atoms with Gasteiger partial charge in [-0.2, -0.15) is 0 Å². The third-order valence-electron chi connectivity index (χ3n) is 5.37. The van der Waals surface area contributed by atoms with E-state index in [4.69, 9.17) is 0 Å². The van der Waals surface area contributed by atoms with E-state index < -0.39 is 0 Å². The van der Waals surface area contributed by atoms with Gasteiger partial charge >= 0.3 is 0 Å². The molecule has 0 bridgehead atoms. The Balaban J connectivity index is 0.000000707. The second kappa shape index (κ2) is 12.3. The molecule has 0 atom stereocenters. The van der Waals surface area contributed by atoms with Crippen LogP contribution in [-0.2, 0) is 6.42 Å². The van der Waals surface area contributed by atoms with Crippen molar-refractivity contribution in [3.05, 3.63) is 65.9 Å². The van der Waals surface area contributed by atoms with Crippen LogP contribution in [0.25, 0.3) is 10.9 Å². The van der Waals surface area contributed by atoms with E-state index in [1.807, 2.05) is 27.7 Å². The van der Waals surface area contributed by atoms with Crippen molar-refractivity contribution in [2.24, 2.45) is 0 Å². The van der Waals surface area contributed by atoms with Crippen LogP contribution in [0, 0.1) is 6.92 Å². The van der Waals surface area contributed by atoms with Gasteiger partial charge < -0.3 is 9.88 Å². The summed E-state index contributed by atoms with van der Waals surface area (Å²) in [5, 5.41) is 1.38. The Morgan fingerprint density at radius 2 is 1.48 bits per heavy atom. The summed E-state index contributed by atoms with van der Waals surface area (Å²) in [7, 11) is 0. The average molecular weight is 394 g/mol. The number of nitrogens with zero attached hydrogens (tertiary/aromatic N) is 2. The Hall–Kier alpha value is -2.26. The first kappa shape index (κ1) is 23.0. The molecule has 29 heavy (non-hydrogen) atoms. The number of hydrogen-bond donors (Lipinski definition) is 1. The molecule has 1 aromatic heterocycles. The predicted octanol–water partition coefficient (Wildman–Crippen LogP) is 6.28. The molecule has 2 heterocycles. The van der Waals surface area contributed by atoms with E-state index in [1.54, 1.807) is 0 Å². The van der Waals surface area contributed by atoms with Gasteiger partial charge in [0.15, 0.2) is 0 Å². The highest BCUT2D eigenvalue weighted by Crippen LogP contribution is 2.20. The topological polar surface area (TPSA) is 22.3 Å². The Morgan fingerprint density at radius 3 is 2.17 bits per heavy atom. The molecule has 4 rings (SSSR count). The molecule has 1 saturated heterocycles. The molecule has 0 amide bonds. The van der Waals surface area contributed by atoms with Gasteiger partial charge in [-0.1, -0.05) is 63.6 Å². The van der Waals surface area contributed by atoms with Gasteiger partial charge in [-0.25, -0.2) is 0 Å². The molecule has 0 radical (unpaired) electrons. The number of hydrogen-bond acceptors (Lipinski definition) is 2. The van der Waals surface area contributed by atoms with Gasteiger partial charge in [0.25, 0.3) is 0 Å². The highest BCUT2D eigenvalue weighted by molar-refractivity contribution is 5.82. The van der Waals surface area contributed by atoms with Crippen LogP contribution in [0.5, 0.6) is 0 Å². The predicted molar refractivity (Wildman–Crippen MR) is 129 cm³/mol. The highest BCUT2D eigenvalue weighted by atomic mass is 15.3. The van der Waals surface area contributed by atoms with Gasteiger partial charge in [-0.3, -0.25) is 4.90 Å². The van der Waals surface area contributed by atoms with Crippen LogP contribution < -0.4 is 4.90 Å². The Kier molecular flexibility index (Phi) is 9.79. The van der Waals surface area contributed by atoms with Crippen molar-refractivity contribution < 1.29 is 0 Å². The maximum Gasteiger partial charge on any atom is 0.0456 e. The van der Waals surface area contributed by atoms with E-state index in [1.165, 1.54) is 53.8 Å². The number of aryl methyl sites for hydroxylation is 2. The number of aromatic nitrogens is 1. The first-order valence-electron chi connectivity index (χ1n) is 11.4. The largest absolute Gasteiger partial charge is 0.369 e. The highest BCUT2D eigenvalue weighted by Gasteiger charge is 2.16. The Bertz CT molecular complexity index is 811. The minimum Gasteiger partial charge on any atom is -0.369 e. The number of anilines is 1. The molecule has 158 valence electrons.